The van der Waals surface area contributed by atoms with Gasteiger partial charge < -0.3 is 4.74 Å². The Morgan fingerprint density at radius 2 is 1.70 bits per heavy atom. The molecule has 0 aromatic carbocycles. The van der Waals surface area contributed by atoms with Gasteiger partial charge in [-0.25, -0.2) is 0 Å². The van der Waals surface area contributed by atoms with Crippen LogP contribution in [0.3, 0.4) is 0 Å². The molecule has 1 aliphatic heterocycles. The van der Waals surface area contributed by atoms with Crippen LogP contribution in [0.2, 0.25) is 0 Å². The van der Waals surface area contributed by atoms with E-state index in [1.165, 1.54) is 6.92 Å². The van der Waals surface area contributed by atoms with E-state index >= 15 is 0 Å². The summed E-state index contributed by atoms with van der Waals surface area (Å²) in [4.78, 5) is 57.0. The Morgan fingerprint density at radius 1 is 1.00 bits per heavy atom. The van der Waals surface area contributed by atoms with Crippen LogP contribution in [0.15, 0.2) is 0 Å². The number of cyclic esters (lactones) is 1. The molecule has 1 rings (SSSR count). The van der Waals surface area contributed by atoms with Gasteiger partial charge in [0.25, 0.3) is 0 Å². The first-order chi connectivity index (χ1) is 10.9. The molecule has 1 saturated heterocycles. The summed E-state index contributed by atoms with van der Waals surface area (Å²) in [5.74, 6) is -1.36. The molecule has 0 aliphatic carbocycles. The van der Waals surface area contributed by atoms with E-state index in [4.69, 9.17) is 4.74 Å². The molecule has 0 saturated carbocycles. The molecule has 0 amide bonds. The molecule has 0 radical (unpaired) electrons. The fourth-order valence-corrected chi connectivity index (χ4v) is 2.42. The zero-order valence-electron chi connectivity index (χ0n) is 13.6. The van der Waals surface area contributed by atoms with E-state index in [1.54, 1.807) is 0 Å². The zero-order valence-corrected chi connectivity index (χ0v) is 13.6. The van der Waals surface area contributed by atoms with E-state index in [2.05, 4.69) is 0 Å². The van der Waals surface area contributed by atoms with E-state index in [-0.39, 0.29) is 36.8 Å². The average molecular weight is 324 g/mol. The molecule has 1 fully saturated rings. The van der Waals surface area contributed by atoms with Crippen LogP contribution in [0.25, 0.3) is 0 Å². The van der Waals surface area contributed by atoms with Crippen molar-refractivity contribution in [1.29, 1.82) is 0 Å². The molecule has 0 bridgehead atoms. The van der Waals surface area contributed by atoms with Crippen molar-refractivity contribution in [3.8, 4) is 0 Å². The Balaban J connectivity index is 2.40. The number of Topliss-reactive ketones (excluding diaryl/α,β-unsaturated/α-hetero) is 4. The minimum absolute atomic E-state index is 0.0258. The van der Waals surface area contributed by atoms with Gasteiger partial charge in [0.05, 0.1) is 0 Å². The van der Waals surface area contributed by atoms with Gasteiger partial charge in [-0.15, -0.1) is 0 Å². The molecule has 0 aromatic rings. The number of hydrogen-bond donors (Lipinski definition) is 0. The molecule has 1 aliphatic rings. The van der Waals surface area contributed by atoms with E-state index in [9.17, 15) is 24.0 Å². The van der Waals surface area contributed by atoms with Gasteiger partial charge in [0, 0.05) is 45.4 Å². The fraction of sp³-hybridized carbons (Fsp3) is 0.706. The molecule has 128 valence electrons. The van der Waals surface area contributed by atoms with Crippen LogP contribution in [-0.4, -0.2) is 35.2 Å². The molecule has 0 N–H and O–H groups in total. The number of carbonyl (C=O) groups excluding carboxylic acids is 5. The lowest BCUT2D eigenvalue weighted by Crippen LogP contribution is -2.22. The number of hydrogen-bond acceptors (Lipinski definition) is 6. The highest BCUT2D eigenvalue weighted by Gasteiger charge is 2.19. The van der Waals surface area contributed by atoms with Crippen LogP contribution in [0, 0.1) is 0 Å². The van der Waals surface area contributed by atoms with Crippen molar-refractivity contribution in [2.75, 3.05) is 0 Å². The van der Waals surface area contributed by atoms with Gasteiger partial charge in [0.1, 0.15) is 17.7 Å². The SMILES string of the molecule is CC(=O)C(=O)CCC(=O)CCC1CCC(=O)CCCCC(=O)O1. The second-order valence-corrected chi connectivity index (χ2v) is 5.95. The van der Waals surface area contributed by atoms with Crippen LogP contribution in [0.5, 0.6) is 0 Å². The molecular weight excluding hydrogens is 300 g/mol. The van der Waals surface area contributed by atoms with Gasteiger partial charge in [-0.1, -0.05) is 0 Å². The van der Waals surface area contributed by atoms with Crippen molar-refractivity contribution in [2.24, 2.45) is 0 Å². The minimum Gasteiger partial charge on any atom is -0.462 e. The predicted molar refractivity (Wildman–Crippen MR) is 81.8 cm³/mol. The molecule has 0 spiro atoms. The standard InChI is InChI=1S/C17H24O6/c1-12(18)16(21)11-8-14(20)7-10-15-9-6-13(19)4-2-3-5-17(22)23-15/h15H,2-11H2,1H3. The monoisotopic (exact) mass is 324 g/mol. The lowest BCUT2D eigenvalue weighted by Gasteiger charge is -2.18. The first kappa shape index (κ1) is 19.2. The van der Waals surface area contributed by atoms with Crippen LogP contribution in [0.4, 0.5) is 0 Å². The van der Waals surface area contributed by atoms with E-state index < -0.39 is 17.7 Å². The Bertz CT molecular complexity index is 479. The van der Waals surface area contributed by atoms with Gasteiger partial charge >= 0.3 is 5.97 Å². The Morgan fingerprint density at radius 3 is 2.39 bits per heavy atom. The van der Waals surface area contributed by atoms with Crippen LogP contribution < -0.4 is 0 Å². The summed E-state index contributed by atoms with van der Waals surface area (Å²) in [5.41, 5.74) is 0. The topological polar surface area (TPSA) is 94.6 Å². The molecule has 23 heavy (non-hydrogen) atoms. The van der Waals surface area contributed by atoms with Crippen LogP contribution >= 0.6 is 0 Å². The van der Waals surface area contributed by atoms with Crippen molar-refractivity contribution in [2.45, 2.75) is 77.2 Å². The molecule has 1 unspecified atom stereocenters. The largest absolute Gasteiger partial charge is 0.462 e. The van der Waals surface area contributed by atoms with Gasteiger partial charge in [-0.05, 0) is 25.7 Å². The van der Waals surface area contributed by atoms with Crippen molar-refractivity contribution >= 4 is 29.1 Å². The lowest BCUT2D eigenvalue weighted by atomic mass is 9.99. The summed E-state index contributed by atoms with van der Waals surface area (Å²) in [6, 6.07) is 0. The zero-order chi connectivity index (χ0) is 17.2. The Kier molecular flexibility index (Phi) is 8.37. The van der Waals surface area contributed by atoms with Crippen LogP contribution in [0.1, 0.15) is 71.1 Å². The molecule has 6 nitrogen and oxygen atoms in total. The second-order valence-electron chi connectivity index (χ2n) is 5.95. The maximum Gasteiger partial charge on any atom is 0.306 e. The van der Waals surface area contributed by atoms with E-state index in [0.717, 1.165) is 0 Å². The molecule has 1 atom stereocenters. The normalized spacial score (nSPS) is 19.8. The molecule has 0 aromatic heterocycles. The summed E-state index contributed by atoms with van der Waals surface area (Å²) in [6.07, 6.45) is 2.98. The number of rotatable bonds is 7. The number of esters is 1. The van der Waals surface area contributed by atoms with Crippen LogP contribution in [-0.2, 0) is 28.7 Å². The number of carbonyl (C=O) groups is 5. The van der Waals surface area contributed by atoms with Gasteiger partial charge in [-0.3, -0.25) is 24.0 Å². The Labute approximate surface area is 135 Å². The first-order valence-electron chi connectivity index (χ1n) is 8.15. The third kappa shape index (κ3) is 8.38. The summed E-state index contributed by atoms with van der Waals surface area (Å²) in [6.45, 7) is 1.18. The molecular formula is C17H24O6. The smallest absolute Gasteiger partial charge is 0.306 e. The first-order valence-corrected chi connectivity index (χ1v) is 8.15. The summed E-state index contributed by atoms with van der Waals surface area (Å²) >= 11 is 0. The fourth-order valence-electron chi connectivity index (χ4n) is 2.42. The van der Waals surface area contributed by atoms with Gasteiger partial charge in [0.15, 0.2) is 11.6 Å². The predicted octanol–water partition coefficient (Wildman–Crippen LogP) is 2.11. The minimum atomic E-state index is -0.547. The summed E-state index contributed by atoms with van der Waals surface area (Å²) in [7, 11) is 0. The van der Waals surface area contributed by atoms with Crippen molar-refractivity contribution in [1.82, 2.24) is 0 Å². The number of ether oxygens (including phenoxy) is 1. The average Bonchev–Trinajstić information content (AvgIpc) is 2.51. The van der Waals surface area contributed by atoms with Gasteiger partial charge in [-0.2, -0.15) is 0 Å². The highest BCUT2D eigenvalue weighted by molar-refractivity contribution is 6.36. The highest BCUT2D eigenvalue weighted by atomic mass is 16.5. The third-order valence-corrected chi connectivity index (χ3v) is 3.90. The van der Waals surface area contributed by atoms with Gasteiger partial charge in [0.2, 0.25) is 0 Å². The maximum absolute atomic E-state index is 11.8. The van der Waals surface area contributed by atoms with E-state index in [1.807, 2.05) is 0 Å². The second kappa shape index (κ2) is 10.0. The van der Waals surface area contributed by atoms with Crippen molar-refractivity contribution in [3.63, 3.8) is 0 Å². The van der Waals surface area contributed by atoms with Crippen molar-refractivity contribution in [3.05, 3.63) is 0 Å². The quantitative estimate of drug-likeness (QED) is 0.526. The van der Waals surface area contributed by atoms with E-state index in [0.29, 0.717) is 44.9 Å². The number of ketones is 4. The maximum atomic E-state index is 11.8. The Hall–Kier alpha value is -1.85. The lowest BCUT2D eigenvalue weighted by molar-refractivity contribution is -0.151. The highest BCUT2D eigenvalue weighted by Crippen LogP contribution is 2.17. The third-order valence-electron chi connectivity index (χ3n) is 3.90. The molecule has 1 heterocycles. The summed E-state index contributed by atoms with van der Waals surface area (Å²) < 4.78 is 5.32. The van der Waals surface area contributed by atoms with Crippen molar-refractivity contribution < 1.29 is 28.7 Å². The molecule has 6 heteroatoms. The summed E-state index contributed by atoms with van der Waals surface area (Å²) in [5, 5.41) is 0.